The van der Waals surface area contributed by atoms with Crippen LogP contribution in [0.15, 0.2) is 36.5 Å². The Morgan fingerprint density at radius 3 is 2.80 bits per heavy atom. The average Bonchev–Trinajstić information content (AvgIpc) is 2.99. The highest BCUT2D eigenvalue weighted by atomic mass is 35.5. The molecule has 30 heavy (non-hydrogen) atoms. The number of amides is 1. The lowest BCUT2D eigenvalue weighted by Crippen LogP contribution is -2.18. The Kier molecular flexibility index (Phi) is 5.30. The molecule has 6 nitrogen and oxygen atoms in total. The van der Waals surface area contributed by atoms with Crippen LogP contribution in [0.2, 0.25) is 5.02 Å². The van der Waals surface area contributed by atoms with Gasteiger partial charge in [0, 0.05) is 24.9 Å². The summed E-state index contributed by atoms with van der Waals surface area (Å²) in [5.41, 5.74) is 4.40. The Balaban J connectivity index is 1.76. The van der Waals surface area contributed by atoms with E-state index in [1.165, 1.54) is 13.3 Å². The summed E-state index contributed by atoms with van der Waals surface area (Å²) in [4.78, 5) is 23.2. The number of benzene rings is 1. The van der Waals surface area contributed by atoms with E-state index in [4.69, 9.17) is 16.3 Å². The molecule has 1 aliphatic rings. The largest absolute Gasteiger partial charge is 0.493 e. The predicted octanol–water partition coefficient (Wildman–Crippen LogP) is 4.51. The number of carbonyl (C=O) groups is 1. The van der Waals surface area contributed by atoms with Crippen LogP contribution in [-0.2, 0) is 13.0 Å². The lowest BCUT2D eigenvalue weighted by atomic mass is 10.1. The molecule has 0 bridgehead atoms. The van der Waals surface area contributed by atoms with Crippen molar-refractivity contribution in [3.05, 3.63) is 75.6 Å². The highest BCUT2D eigenvalue weighted by Gasteiger charge is 2.30. The zero-order chi connectivity index (χ0) is 21.4. The fourth-order valence-electron chi connectivity index (χ4n) is 3.52. The topological polar surface area (TPSA) is 67.3 Å². The van der Waals surface area contributed by atoms with E-state index in [2.05, 4.69) is 15.3 Å². The highest BCUT2D eigenvalue weighted by molar-refractivity contribution is 6.32. The number of pyridine rings is 2. The van der Waals surface area contributed by atoms with Crippen molar-refractivity contribution in [2.24, 2.45) is 0 Å². The number of nitrogens with zero attached hydrogens (tertiary/aromatic N) is 3. The lowest BCUT2D eigenvalue weighted by molar-refractivity contribution is 0.0817. The summed E-state index contributed by atoms with van der Waals surface area (Å²) in [7, 11) is 3.27. The quantitative estimate of drug-likeness (QED) is 0.650. The Hall–Kier alpha value is -3.19. The minimum atomic E-state index is -0.344. The number of aryl methyl sites for hydroxylation is 1. The van der Waals surface area contributed by atoms with Gasteiger partial charge in [0.1, 0.15) is 5.82 Å². The first-order chi connectivity index (χ1) is 14.4. The molecular formula is C22H20ClFN4O2. The smallest absolute Gasteiger partial charge is 0.257 e. The maximum Gasteiger partial charge on any atom is 0.257 e. The number of hydrogen-bond acceptors (Lipinski definition) is 5. The van der Waals surface area contributed by atoms with Crippen LogP contribution in [0.3, 0.4) is 0 Å². The standard InChI is InChI=1S/C22H20ClFN4O2/c1-12-7-13(25-10-16(12)24)8-14-9-18(20-19(26-14)11-28(2)22(20)29)27-17-6-4-5-15(23)21(17)30-3/h4-7,9-10H,8,11H2,1-3H3,(H,26,27). The van der Waals surface area contributed by atoms with Crippen molar-refractivity contribution in [3.63, 3.8) is 0 Å². The third-order valence-electron chi connectivity index (χ3n) is 5.00. The first kappa shape index (κ1) is 20.1. The first-order valence-corrected chi connectivity index (χ1v) is 9.74. The van der Waals surface area contributed by atoms with Gasteiger partial charge in [0.2, 0.25) is 0 Å². The molecule has 1 amide bonds. The summed E-state index contributed by atoms with van der Waals surface area (Å²) in [6.45, 7) is 2.11. The van der Waals surface area contributed by atoms with Crippen molar-refractivity contribution in [1.29, 1.82) is 0 Å². The van der Waals surface area contributed by atoms with E-state index in [1.54, 1.807) is 37.1 Å². The zero-order valence-electron chi connectivity index (χ0n) is 16.8. The number of carbonyl (C=O) groups excluding carboxylic acids is 1. The normalized spacial score (nSPS) is 12.8. The number of methoxy groups -OCH3 is 1. The van der Waals surface area contributed by atoms with Gasteiger partial charge in [-0.3, -0.25) is 14.8 Å². The highest BCUT2D eigenvalue weighted by Crippen LogP contribution is 2.37. The average molecular weight is 427 g/mol. The molecule has 0 spiro atoms. The van der Waals surface area contributed by atoms with E-state index < -0.39 is 0 Å². The predicted molar refractivity (Wildman–Crippen MR) is 113 cm³/mol. The van der Waals surface area contributed by atoms with Gasteiger partial charge in [0.15, 0.2) is 5.75 Å². The van der Waals surface area contributed by atoms with Crippen LogP contribution in [0, 0.1) is 12.7 Å². The molecule has 1 aliphatic heterocycles. The Morgan fingerprint density at radius 2 is 2.07 bits per heavy atom. The van der Waals surface area contributed by atoms with Gasteiger partial charge < -0.3 is 15.0 Å². The number of nitrogens with one attached hydrogen (secondary N) is 1. The molecular weight excluding hydrogens is 407 g/mol. The van der Waals surface area contributed by atoms with Crippen molar-refractivity contribution in [1.82, 2.24) is 14.9 Å². The summed E-state index contributed by atoms with van der Waals surface area (Å²) in [5.74, 6) is 0.0347. The van der Waals surface area contributed by atoms with Crippen molar-refractivity contribution in [2.45, 2.75) is 19.9 Å². The second-order valence-electron chi connectivity index (χ2n) is 7.19. The molecule has 154 valence electrons. The third-order valence-corrected chi connectivity index (χ3v) is 5.30. The number of aromatic nitrogens is 2. The molecule has 0 fully saturated rings. The maximum absolute atomic E-state index is 13.6. The molecule has 3 heterocycles. The van der Waals surface area contributed by atoms with E-state index >= 15 is 0 Å². The molecule has 1 aromatic carbocycles. The van der Waals surface area contributed by atoms with Crippen LogP contribution in [0.1, 0.15) is 33.0 Å². The SMILES string of the molecule is COc1c(Cl)cccc1Nc1cc(Cc2cc(C)c(F)cn2)nc2c1C(=O)N(C)C2. The number of hydrogen-bond donors (Lipinski definition) is 1. The van der Waals surface area contributed by atoms with Crippen molar-refractivity contribution in [2.75, 3.05) is 19.5 Å². The number of fused-ring (bicyclic) bond motifs is 1. The van der Waals surface area contributed by atoms with Crippen molar-refractivity contribution >= 4 is 28.9 Å². The van der Waals surface area contributed by atoms with E-state index in [0.717, 1.165) is 5.69 Å². The molecule has 1 N–H and O–H groups in total. The molecule has 0 saturated carbocycles. The van der Waals surface area contributed by atoms with E-state index in [1.807, 2.05) is 12.1 Å². The van der Waals surface area contributed by atoms with Gasteiger partial charge in [-0.1, -0.05) is 17.7 Å². The second-order valence-corrected chi connectivity index (χ2v) is 7.60. The number of halogens is 2. The number of anilines is 2. The van der Waals surface area contributed by atoms with Crippen LogP contribution in [-0.4, -0.2) is 34.9 Å². The van der Waals surface area contributed by atoms with Crippen LogP contribution in [0.25, 0.3) is 0 Å². The molecule has 0 aliphatic carbocycles. The third kappa shape index (κ3) is 3.68. The van der Waals surface area contributed by atoms with E-state index in [0.29, 0.717) is 57.6 Å². The van der Waals surface area contributed by atoms with Gasteiger partial charge >= 0.3 is 0 Å². The minimum Gasteiger partial charge on any atom is -0.493 e. The summed E-state index contributed by atoms with van der Waals surface area (Å²) in [6, 6.07) is 8.88. The Bertz CT molecular complexity index is 1150. The molecule has 2 aromatic heterocycles. The molecule has 0 atom stereocenters. The summed E-state index contributed by atoms with van der Waals surface area (Å²) in [6.07, 6.45) is 1.62. The monoisotopic (exact) mass is 426 g/mol. The summed E-state index contributed by atoms with van der Waals surface area (Å²) >= 11 is 6.24. The van der Waals surface area contributed by atoms with Gasteiger partial charge in [-0.15, -0.1) is 0 Å². The number of ether oxygens (including phenoxy) is 1. The first-order valence-electron chi connectivity index (χ1n) is 9.36. The van der Waals surface area contributed by atoms with Gasteiger partial charge in [-0.05, 0) is 36.8 Å². The molecule has 0 saturated heterocycles. The number of rotatable bonds is 5. The van der Waals surface area contributed by atoms with E-state index in [9.17, 15) is 9.18 Å². The van der Waals surface area contributed by atoms with Gasteiger partial charge in [-0.2, -0.15) is 0 Å². The zero-order valence-corrected chi connectivity index (χ0v) is 17.5. The minimum absolute atomic E-state index is 0.108. The van der Waals surface area contributed by atoms with Crippen LogP contribution < -0.4 is 10.1 Å². The lowest BCUT2D eigenvalue weighted by Gasteiger charge is -2.15. The molecule has 4 rings (SSSR count). The second kappa shape index (κ2) is 7.91. The molecule has 0 radical (unpaired) electrons. The van der Waals surface area contributed by atoms with Crippen molar-refractivity contribution in [3.8, 4) is 5.75 Å². The van der Waals surface area contributed by atoms with Gasteiger partial charge in [0.05, 0.1) is 47.5 Å². The molecule has 0 unspecified atom stereocenters. The number of para-hydroxylation sites is 1. The Morgan fingerprint density at radius 1 is 1.27 bits per heavy atom. The van der Waals surface area contributed by atoms with Crippen LogP contribution in [0.5, 0.6) is 5.75 Å². The summed E-state index contributed by atoms with van der Waals surface area (Å²) < 4.78 is 19.0. The fraction of sp³-hybridized carbons (Fsp3) is 0.227. The fourth-order valence-corrected chi connectivity index (χ4v) is 3.78. The maximum atomic E-state index is 13.6. The van der Waals surface area contributed by atoms with Crippen LogP contribution >= 0.6 is 11.6 Å². The Labute approximate surface area is 178 Å². The van der Waals surface area contributed by atoms with Gasteiger partial charge in [0.25, 0.3) is 5.91 Å². The van der Waals surface area contributed by atoms with Crippen LogP contribution in [0.4, 0.5) is 15.8 Å². The van der Waals surface area contributed by atoms with Crippen molar-refractivity contribution < 1.29 is 13.9 Å². The summed E-state index contributed by atoms with van der Waals surface area (Å²) in [5, 5.41) is 3.75. The molecule has 8 heteroatoms. The molecule has 3 aromatic rings. The van der Waals surface area contributed by atoms with E-state index in [-0.39, 0.29) is 11.7 Å². The van der Waals surface area contributed by atoms with Gasteiger partial charge in [-0.25, -0.2) is 4.39 Å².